The largest absolute Gasteiger partial charge is 0.508 e. The Morgan fingerprint density at radius 3 is 2.81 bits per heavy atom. The van der Waals surface area contributed by atoms with E-state index in [1.54, 1.807) is 0 Å². The van der Waals surface area contributed by atoms with Crippen LogP contribution in [0.25, 0.3) is 0 Å². The molecule has 3 unspecified atom stereocenters. The lowest BCUT2D eigenvalue weighted by atomic mass is 9.97. The molecule has 3 atom stereocenters. The lowest BCUT2D eigenvalue weighted by Crippen LogP contribution is -2.44. The van der Waals surface area contributed by atoms with E-state index in [2.05, 4.69) is 0 Å². The normalized spacial score (nSPS) is 23.4. The van der Waals surface area contributed by atoms with Gasteiger partial charge in [-0.3, -0.25) is 9.69 Å². The SMILES string of the molecule is CCN(C(C)c1ccc(F)cc1O)C1COCC1C(=O)O. The summed E-state index contributed by atoms with van der Waals surface area (Å²) in [6.45, 7) is 4.94. The fourth-order valence-electron chi connectivity index (χ4n) is 2.95. The molecular formula is C15H20FNO4. The number of aromatic hydroxyl groups is 1. The first-order chi connectivity index (χ1) is 9.95. The molecule has 1 aromatic carbocycles. The predicted octanol–water partition coefficient (Wildman–Crippen LogP) is 2.01. The van der Waals surface area contributed by atoms with Gasteiger partial charge in [0, 0.05) is 23.7 Å². The highest BCUT2D eigenvalue weighted by Crippen LogP contribution is 2.33. The van der Waals surface area contributed by atoms with E-state index >= 15 is 0 Å². The second-order valence-corrected chi connectivity index (χ2v) is 5.26. The highest BCUT2D eigenvalue weighted by atomic mass is 19.1. The van der Waals surface area contributed by atoms with Crippen LogP contribution in [-0.4, -0.2) is 46.9 Å². The average molecular weight is 297 g/mol. The lowest BCUT2D eigenvalue weighted by Gasteiger charge is -2.35. The second-order valence-electron chi connectivity index (χ2n) is 5.26. The summed E-state index contributed by atoms with van der Waals surface area (Å²) in [5.41, 5.74) is 0.578. The number of likely N-dealkylation sites (N-methyl/N-ethyl adjacent to an activating group) is 1. The Balaban J connectivity index is 2.26. The Hall–Kier alpha value is -1.66. The van der Waals surface area contributed by atoms with Gasteiger partial charge in [-0.15, -0.1) is 0 Å². The van der Waals surface area contributed by atoms with Gasteiger partial charge in [0.1, 0.15) is 11.6 Å². The molecule has 0 aliphatic carbocycles. The molecule has 0 amide bonds. The van der Waals surface area contributed by atoms with Crippen molar-refractivity contribution in [2.24, 2.45) is 5.92 Å². The first kappa shape index (κ1) is 15.7. The monoisotopic (exact) mass is 297 g/mol. The van der Waals surface area contributed by atoms with Crippen LogP contribution in [0.3, 0.4) is 0 Å². The number of phenols is 1. The van der Waals surface area contributed by atoms with Gasteiger partial charge in [0.2, 0.25) is 0 Å². The molecule has 6 heteroatoms. The van der Waals surface area contributed by atoms with Gasteiger partial charge in [-0.25, -0.2) is 4.39 Å². The van der Waals surface area contributed by atoms with Crippen LogP contribution in [0.4, 0.5) is 4.39 Å². The van der Waals surface area contributed by atoms with E-state index in [1.165, 1.54) is 12.1 Å². The first-order valence-electron chi connectivity index (χ1n) is 7.00. The van der Waals surface area contributed by atoms with Gasteiger partial charge >= 0.3 is 5.97 Å². The van der Waals surface area contributed by atoms with Gasteiger partial charge in [0.05, 0.1) is 19.1 Å². The minimum absolute atomic E-state index is 0.119. The smallest absolute Gasteiger partial charge is 0.310 e. The van der Waals surface area contributed by atoms with E-state index < -0.39 is 17.7 Å². The van der Waals surface area contributed by atoms with E-state index in [4.69, 9.17) is 4.74 Å². The van der Waals surface area contributed by atoms with Crippen LogP contribution in [0.15, 0.2) is 18.2 Å². The number of aliphatic carboxylic acids is 1. The summed E-state index contributed by atoms with van der Waals surface area (Å²) >= 11 is 0. The van der Waals surface area contributed by atoms with E-state index in [9.17, 15) is 19.4 Å². The lowest BCUT2D eigenvalue weighted by molar-refractivity contribution is -0.143. The highest BCUT2D eigenvalue weighted by Gasteiger charge is 2.39. The molecule has 21 heavy (non-hydrogen) atoms. The minimum Gasteiger partial charge on any atom is -0.508 e. The van der Waals surface area contributed by atoms with Gasteiger partial charge in [-0.2, -0.15) is 0 Å². The second kappa shape index (κ2) is 6.41. The maximum atomic E-state index is 13.1. The average Bonchev–Trinajstić information content (AvgIpc) is 2.88. The van der Waals surface area contributed by atoms with Crippen LogP contribution >= 0.6 is 0 Å². The molecule has 1 saturated heterocycles. The van der Waals surface area contributed by atoms with Gasteiger partial charge in [-0.1, -0.05) is 13.0 Å². The number of carbonyl (C=O) groups is 1. The molecule has 2 N–H and O–H groups in total. The maximum Gasteiger partial charge on any atom is 0.310 e. The van der Waals surface area contributed by atoms with Crippen molar-refractivity contribution in [2.45, 2.75) is 25.9 Å². The number of rotatable bonds is 5. The van der Waals surface area contributed by atoms with Gasteiger partial charge < -0.3 is 14.9 Å². The number of hydrogen-bond donors (Lipinski definition) is 2. The van der Waals surface area contributed by atoms with E-state index in [0.29, 0.717) is 18.7 Å². The number of nitrogens with zero attached hydrogens (tertiary/aromatic N) is 1. The Kier molecular flexibility index (Phi) is 4.80. The fourth-order valence-corrected chi connectivity index (χ4v) is 2.95. The maximum absolute atomic E-state index is 13.1. The Morgan fingerprint density at radius 2 is 2.24 bits per heavy atom. The topological polar surface area (TPSA) is 70.0 Å². The fraction of sp³-hybridized carbons (Fsp3) is 0.533. The van der Waals surface area contributed by atoms with Crippen molar-refractivity contribution in [3.05, 3.63) is 29.6 Å². The Bertz CT molecular complexity index is 522. The molecular weight excluding hydrogens is 277 g/mol. The standard InChI is InChI=1S/C15H20FNO4/c1-3-17(13-8-21-7-12(13)15(19)20)9(2)11-5-4-10(16)6-14(11)18/h4-6,9,12-13,18H,3,7-8H2,1-2H3,(H,19,20). The molecule has 0 spiro atoms. The Labute approximate surface area is 122 Å². The zero-order valence-electron chi connectivity index (χ0n) is 12.1. The summed E-state index contributed by atoms with van der Waals surface area (Å²) in [6.07, 6.45) is 0. The van der Waals surface area contributed by atoms with Crippen LogP contribution in [-0.2, 0) is 9.53 Å². The summed E-state index contributed by atoms with van der Waals surface area (Å²) < 4.78 is 18.4. The first-order valence-corrected chi connectivity index (χ1v) is 7.00. The molecule has 1 aliphatic heterocycles. The number of phenolic OH excluding ortho intramolecular Hbond substituents is 1. The molecule has 116 valence electrons. The zero-order valence-corrected chi connectivity index (χ0v) is 12.1. The molecule has 1 fully saturated rings. The number of benzene rings is 1. The molecule has 2 rings (SSSR count). The van der Waals surface area contributed by atoms with Gasteiger partial charge in [-0.05, 0) is 19.5 Å². The van der Waals surface area contributed by atoms with Crippen LogP contribution < -0.4 is 0 Å². The zero-order chi connectivity index (χ0) is 15.6. The van der Waals surface area contributed by atoms with Crippen molar-refractivity contribution in [1.82, 2.24) is 4.90 Å². The highest BCUT2D eigenvalue weighted by molar-refractivity contribution is 5.71. The van der Waals surface area contributed by atoms with Crippen LogP contribution in [0.1, 0.15) is 25.5 Å². The molecule has 1 heterocycles. The van der Waals surface area contributed by atoms with Crippen molar-refractivity contribution < 1.29 is 24.1 Å². The summed E-state index contributed by atoms with van der Waals surface area (Å²) in [7, 11) is 0. The third-order valence-corrected chi connectivity index (χ3v) is 4.10. The Morgan fingerprint density at radius 1 is 1.52 bits per heavy atom. The van der Waals surface area contributed by atoms with Crippen LogP contribution in [0.5, 0.6) is 5.75 Å². The number of halogens is 1. The van der Waals surface area contributed by atoms with Crippen LogP contribution in [0.2, 0.25) is 0 Å². The quantitative estimate of drug-likeness (QED) is 0.870. The van der Waals surface area contributed by atoms with Crippen molar-refractivity contribution >= 4 is 5.97 Å². The number of ether oxygens (including phenoxy) is 1. The molecule has 0 saturated carbocycles. The number of hydrogen-bond acceptors (Lipinski definition) is 4. The van der Waals surface area contributed by atoms with Crippen molar-refractivity contribution in [3.63, 3.8) is 0 Å². The van der Waals surface area contributed by atoms with Crippen molar-refractivity contribution in [3.8, 4) is 5.75 Å². The predicted molar refractivity (Wildman–Crippen MR) is 74.6 cm³/mol. The molecule has 0 bridgehead atoms. The number of carboxylic acid groups (broad SMARTS) is 1. The van der Waals surface area contributed by atoms with Crippen molar-refractivity contribution in [1.29, 1.82) is 0 Å². The molecule has 0 radical (unpaired) electrons. The van der Waals surface area contributed by atoms with Gasteiger partial charge in [0.15, 0.2) is 0 Å². The van der Waals surface area contributed by atoms with Gasteiger partial charge in [0.25, 0.3) is 0 Å². The molecule has 1 aliphatic rings. The van der Waals surface area contributed by atoms with E-state index in [1.807, 2.05) is 18.7 Å². The third kappa shape index (κ3) is 3.16. The number of carboxylic acids is 1. The minimum atomic E-state index is -0.883. The van der Waals surface area contributed by atoms with E-state index in [-0.39, 0.29) is 24.4 Å². The third-order valence-electron chi connectivity index (χ3n) is 4.10. The van der Waals surface area contributed by atoms with Crippen LogP contribution in [0, 0.1) is 11.7 Å². The molecule has 0 aromatic heterocycles. The van der Waals surface area contributed by atoms with E-state index in [0.717, 1.165) is 6.07 Å². The summed E-state index contributed by atoms with van der Waals surface area (Å²) in [4.78, 5) is 13.3. The summed E-state index contributed by atoms with van der Waals surface area (Å²) in [5.74, 6) is -2.09. The molecule has 1 aromatic rings. The molecule has 5 nitrogen and oxygen atoms in total. The summed E-state index contributed by atoms with van der Waals surface area (Å²) in [6, 6.07) is 3.40. The summed E-state index contributed by atoms with van der Waals surface area (Å²) in [5, 5.41) is 19.2. The van der Waals surface area contributed by atoms with Crippen molar-refractivity contribution in [2.75, 3.05) is 19.8 Å².